The SMILES string of the molecule is CC(C)C(NC(=O)CCCCC(=O)C(C)(C)C)C(=O)NC(CCCNC(N)=O)C(=O)Nc1ccc(COC(=O)C(C)(C)C)cc1. The van der Waals surface area contributed by atoms with Gasteiger partial charge in [-0.05, 0) is 70.1 Å². The van der Waals surface area contributed by atoms with Crippen molar-refractivity contribution in [3.8, 4) is 0 Å². The van der Waals surface area contributed by atoms with E-state index in [1.165, 1.54) is 0 Å². The fraction of sp³-hybridized carbons (Fsp3) is 0.636. The summed E-state index contributed by atoms with van der Waals surface area (Å²) in [5, 5.41) is 10.8. The molecule has 45 heavy (non-hydrogen) atoms. The van der Waals surface area contributed by atoms with Crippen molar-refractivity contribution in [3.05, 3.63) is 29.8 Å². The first kappa shape index (κ1) is 39.1. The number of hydrogen-bond acceptors (Lipinski definition) is 7. The summed E-state index contributed by atoms with van der Waals surface area (Å²) in [4.78, 5) is 74.5. The molecule has 0 spiro atoms. The van der Waals surface area contributed by atoms with E-state index in [-0.39, 0.29) is 49.6 Å². The molecule has 6 N–H and O–H groups in total. The standard InChI is InChI=1S/C33H53N5O7/c1-21(2)27(38-26(40)14-10-9-13-25(39)32(3,4)5)29(42)37-24(12-11-19-35-31(34)44)28(41)36-23-17-15-22(16-18-23)20-45-30(43)33(6,7)8/h15-18,21,24,27H,9-14,19-20H2,1-8H3,(H,36,41)(H,37,42)(H,38,40)(H3,34,35,44). The monoisotopic (exact) mass is 631 g/mol. The number of amides is 5. The summed E-state index contributed by atoms with van der Waals surface area (Å²) in [5.74, 6) is -1.77. The van der Waals surface area contributed by atoms with E-state index < -0.39 is 40.8 Å². The maximum absolute atomic E-state index is 13.3. The molecule has 2 unspecified atom stereocenters. The van der Waals surface area contributed by atoms with Gasteiger partial charge in [-0.1, -0.05) is 46.8 Å². The van der Waals surface area contributed by atoms with E-state index in [2.05, 4.69) is 21.3 Å². The summed E-state index contributed by atoms with van der Waals surface area (Å²) < 4.78 is 5.33. The molecule has 12 nitrogen and oxygen atoms in total. The molecule has 1 aromatic carbocycles. The van der Waals surface area contributed by atoms with E-state index in [0.717, 1.165) is 5.56 Å². The number of anilines is 1. The molecule has 0 radical (unpaired) electrons. The fourth-order valence-corrected chi connectivity index (χ4v) is 4.05. The highest BCUT2D eigenvalue weighted by Crippen LogP contribution is 2.19. The third kappa shape index (κ3) is 15.6. The van der Waals surface area contributed by atoms with Crippen LogP contribution in [0.5, 0.6) is 0 Å². The zero-order valence-electron chi connectivity index (χ0n) is 28.1. The van der Waals surface area contributed by atoms with E-state index in [9.17, 15) is 28.8 Å². The molecular formula is C33H53N5O7. The highest BCUT2D eigenvalue weighted by Gasteiger charge is 2.29. The molecule has 0 aromatic heterocycles. The molecule has 5 amide bonds. The van der Waals surface area contributed by atoms with Crippen LogP contribution in [-0.2, 0) is 35.3 Å². The van der Waals surface area contributed by atoms with Crippen molar-refractivity contribution in [1.29, 1.82) is 0 Å². The van der Waals surface area contributed by atoms with Crippen LogP contribution in [0.4, 0.5) is 10.5 Å². The Morgan fingerprint density at radius 2 is 1.40 bits per heavy atom. The van der Waals surface area contributed by atoms with Crippen molar-refractivity contribution in [1.82, 2.24) is 16.0 Å². The van der Waals surface area contributed by atoms with Crippen molar-refractivity contribution in [2.24, 2.45) is 22.5 Å². The van der Waals surface area contributed by atoms with Gasteiger partial charge in [-0.25, -0.2) is 4.79 Å². The number of primary amides is 1. The Morgan fingerprint density at radius 1 is 0.800 bits per heavy atom. The van der Waals surface area contributed by atoms with Crippen LogP contribution < -0.4 is 27.0 Å². The zero-order chi connectivity index (χ0) is 34.4. The van der Waals surface area contributed by atoms with Gasteiger partial charge in [-0.2, -0.15) is 0 Å². The normalized spacial score (nSPS) is 12.9. The number of urea groups is 1. The van der Waals surface area contributed by atoms with E-state index in [4.69, 9.17) is 10.5 Å². The van der Waals surface area contributed by atoms with Gasteiger partial charge in [0.2, 0.25) is 17.7 Å². The molecule has 1 aromatic rings. The van der Waals surface area contributed by atoms with Gasteiger partial charge in [0.25, 0.3) is 0 Å². The summed E-state index contributed by atoms with van der Waals surface area (Å²) >= 11 is 0. The lowest BCUT2D eigenvalue weighted by Gasteiger charge is -2.25. The number of ketones is 1. The van der Waals surface area contributed by atoms with Crippen LogP contribution in [-0.4, -0.2) is 54.1 Å². The van der Waals surface area contributed by atoms with Gasteiger partial charge in [-0.15, -0.1) is 0 Å². The van der Waals surface area contributed by atoms with Crippen molar-refractivity contribution < 1.29 is 33.5 Å². The average Bonchev–Trinajstić information content (AvgIpc) is 2.93. The lowest BCUT2D eigenvalue weighted by Crippen LogP contribution is -2.54. The Balaban J connectivity index is 2.86. The lowest BCUT2D eigenvalue weighted by atomic mass is 9.88. The summed E-state index contributed by atoms with van der Waals surface area (Å²) in [5.41, 5.74) is 5.31. The minimum absolute atomic E-state index is 0.0905. The van der Waals surface area contributed by atoms with E-state index in [1.54, 1.807) is 58.9 Å². The van der Waals surface area contributed by atoms with Crippen molar-refractivity contribution in [3.63, 3.8) is 0 Å². The Labute approximate surface area is 267 Å². The number of rotatable bonds is 17. The average molecular weight is 632 g/mol. The number of esters is 1. The summed E-state index contributed by atoms with van der Waals surface area (Å²) in [6, 6.07) is 4.22. The Bertz CT molecular complexity index is 1170. The van der Waals surface area contributed by atoms with Crippen LogP contribution in [0.25, 0.3) is 0 Å². The van der Waals surface area contributed by atoms with Crippen molar-refractivity contribution >= 4 is 41.2 Å². The topological polar surface area (TPSA) is 186 Å². The number of nitrogens with two attached hydrogens (primary N) is 1. The van der Waals surface area contributed by atoms with Gasteiger partial charge < -0.3 is 31.7 Å². The molecule has 0 bridgehead atoms. The van der Waals surface area contributed by atoms with Gasteiger partial charge in [0, 0.05) is 30.5 Å². The fourth-order valence-electron chi connectivity index (χ4n) is 4.05. The molecular weight excluding hydrogens is 578 g/mol. The molecule has 0 fully saturated rings. The lowest BCUT2D eigenvalue weighted by molar-refractivity contribution is -0.154. The molecule has 0 aliphatic carbocycles. The van der Waals surface area contributed by atoms with Crippen LogP contribution in [0, 0.1) is 16.7 Å². The molecule has 0 aliphatic rings. The highest BCUT2D eigenvalue weighted by molar-refractivity contribution is 5.98. The first-order chi connectivity index (χ1) is 20.8. The maximum Gasteiger partial charge on any atom is 0.312 e. The van der Waals surface area contributed by atoms with E-state index >= 15 is 0 Å². The Hall–Kier alpha value is -3.96. The van der Waals surface area contributed by atoms with Gasteiger partial charge in [-0.3, -0.25) is 24.0 Å². The van der Waals surface area contributed by atoms with Crippen molar-refractivity contribution in [2.75, 3.05) is 11.9 Å². The predicted molar refractivity (Wildman–Crippen MR) is 173 cm³/mol. The number of unbranched alkanes of at least 4 members (excludes halogenated alkanes) is 1. The number of nitrogens with one attached hydrogen (secondary N) is 4. The van der Waals surface area contributed by atoms with Crippen LogP contribution in [0.3, 0.4) is 0 Å². The number of hydrogen-bond donors (Lipinski definition) is 5. The second-order valence-electron chi connectivity index (χ2n) is 13.7. The minimum atomic E-state index is -0.971. The molecule has 0 saturated carbocycles. The Kier molecular flexibility index (Phi) is 15.7. The maximum atomic E-state index is 13.3. The summed E-state index contributed by atoms with van der Waals surface area (Å²) in [6.45, 7) is 14.8. The Morgan fingerprint density at radius 3 is 1.93 bits per heavy atom. The summed E-state index contributed by atoms with van der Waals surface area (Å²) in [6.07, 6.45) is 2.19. The van der Waals surface area contributed by atoms with Crippen LogP contribution in [0.2, 0.25) is 0 Å². The smallest absolute Gasteiger partial charge is 0.312 e. The molecule has 1 rings (SSSR count). The minimum Gasteiger partial charge on any atom is -0.460 e. The van der Waals surface area contributed by atoms with Gasteiger partial charge in [0.05, 0.1) is 5.41 Å². The number of benzene rings is 1. The van der Waals surface area contributed by atoms with E-state index in [0.29, 0.717) is 31.4 Å². The molecule has 0 saturated heterocycles. The second-order valence-corrected chi connectivity index (χ2v) is 13.7. The van der Waals surface area contributed by atoms with Crippen LogP contribution in [0.1, 0.15) is 99.5 Å². The van der Waals surface area contributed by atoms with Gasteiger partial charge in [0.1, 0.15) is 24.5 Å². The van der Waals surface area contributed by atoms with E-state index in [1.807, 2.05) is 20.8 Å². The molecule has 12 heteroatoms. The molecule has 0 aliphatic heterocycles. The quantitative estimate of drug-likeness (QED) is 0.127. The number of carbonyl (C=O) groups excluding carboxylic acids is 6. The molecule has 252 valence electrons. The highest BCUT2D eigenvalue weighted by atomic mass is 16.5. The third-order valence-electron chi connectivity index (χ3n) is 6.97. The van der Waals surface area contributed by atoms with Gasteiger partial charge in [0.15, 0.2) is 0 Å². The van der Waals surface area contributed by atoms with Crippen LogP contribution in [0.15, 0.2) is 24.3 Å². The number of Topliss-reactive ketones (excluding diaryl/α,β-unsaturated/α-hetero) is 1. The number of ether oxygens (including phenoxy) is 1. The molecule has 0 heterocycles. The predicted octanol–water partition coefficient (Wildman–Crippen LogP) is 3.96. The number of carbonyl (C=O) groups is 6. The van der Waals surface area contributed by atoms with Gasteiger partial charge >= 0.3 is 12.0 Å². The first-order valence-corrected chi connectivity index (χ1v) is 15.5. The molecule has 2 atom stereocenters. The van der Waals surface area contributed by atoms with Crippen molar-refractivity contribution in [2.45, 2.75) is 113 Å². The third-order valence-corrected chi connectivity index (χ3v) is 6.97. The second kappa shape index (κ2) is 18.1. The summed E-state index contributed by atoms with van der Waals surface area (Å²) in [7, 11) is 0. The largest absolute Gasteiger partial charge is 0.460 e. The first-order valence-electron chi connectivity index (χ1n) is 15.5. The van der Waals surface area contributed by atoms with Crippen LogP contribution >= 0.6 is 0 Å². The zero-order valence-corrected chi connectivity index (χ0v) is 28.1.